The maximum absolute atomic E-state index is 12.2. The zero-order valence-electron chi connectivity index (χ0n) is 14.5. The van der Waals surface area contributed by atoms with Gasteiger partial charge in [0, 0.05) is 12.1 Å². The zero-order valence-corrected chi connectivity index (χ0v) is 15.3. The van der Waals surface area contributed by atoms with Crippen molar-refractivity contribution in [3.63, 3.8) is 0 Å². The van der Waals surface area contributed by atoms with E-state index < -0.39 is 0 Å². The van der Waals surface area contributed by atoms with Gasteiger partial charge in [-0.25, -0.2) is 0 Å². The van der Waals surface area contributed by atoms with Crippen LogP contribution < -0.4 is 15.4 Å². The van der Waals surface area contributed by atoms with Crippen LogP contribution >= 0.6 is 12.2 Å². The molecule has 132 valence electrons. The summed E-state index contributed by atoms with van der Waals surface area (Å²) in [6.45, 7) is 3.48. The fourth-order valence-electron chi connectivity index (χ4n) is 2.22. The third-order valence-electron chi connectivity index (χ3n) is 3.65. The molecule has 0 aliphatic heterocycles. The van der Waals surface area contributed by atoms with Gasteiger partial charge in [-0.3, -0.25) is 10.1 Å². The van der Waals surface area contributed by atoms with Gasteiger partial charge in [-0.1, -0.05) is 43.7 Å². The molecule has 0 aliphatic rings. The molecule has 0 spiro atoms. The van der Waals surface area contributed by atoms with Crippen molar-refractivity contribution in [1.29, 1.82) is 0 Å². The van der Waals surface area contributed by atoms with E-state index in [1.54, 1.807) is 24.3 Å². The van der Waals surface area contributed by atoms with Crippen molar-refractivity contribution >= 4 is 23.2 Å². The van der Waals surface area contributed by atoms with Crippen molar-refractivity contribution in [3.8, 4) is 5.75 Å². The van der Waals surface area contributed by atoms with Gasteiger partial charge in [-0.05, 0) is 54.9 Å². The average Bonchev–Trinajstić information content (AvgIpc) is 2.63. The molecular formula is C20H24N2O2S. The van der Waals surface area contributed by atoms with Gasteiger partial charge in [0.1, 0.15) is 5.75 Å². The molecular weight excluding hydrogens is 332 g/mol. The molecule has 1 amide bonds. The number of hydrogen-bond acceptors (Lipinski definition) is 3. The van der Waals surface area contributed by atoms with E-state index in [9.17, 15) is 4.79 Å². The number of carbonyl (C=O) groups is 1. The van der Waals surface area contributed by atoms with Crippen LogP contribution in [-0.4, -0.2) is 24.2 Å². The van der Waals surface area contributed by atoms with Crippen molar-refractivity contribution in [1.82, 2.24) is 10.6 Å². The van der Waals surface area contributed by atoms with Gasteiger partial charge in [0.25, 0.3) is 5.91 Å². The number of benzene rings is 2. The summed E-state index contributed by atoms with van der Waals surface area (Å²) in [5, 5.41) is 6.08. The Balaban J connectivity index is 1.73. The Kier molecular flexibility index (Phi) is 7.92. The molecule has 0 radical (unpaired) electrons. The van der Waals surface area contributed by atoms with E-state index in [0.717, 1.165) is 25.0 Å². The van der Waals surface area contributed by atoms with Gasteiger partial charge in [0.15, 0.2) is 5.11 Å². The molecule has 0 heterocycles. The van der Waals surface area contributed by atoms with E-state index in [-0.39, 0.29) is 5.91 Å². The molecule has 0 aliphatic carbocycles. The van der Waals surface area contributed by atoms with Crippen LogP contribution in [0.1, 0.15) is 35.7 Å². The Hall–Kier alpha value is -2.40. The van der Waals surface area contributed by atoms with Gasteiger partial charge in [-0.2, -0.15) is 0 Å². The predicted octanol–water partition coefficient (Wildman–Crippen LogP) is 3.71. The maximum atomic E-state index is 12.2. The van der Waals surface area contributed by atoms with E-state index >= 15 is 0 Å². The van der Waals surface area contributed by atoms with Crippen LogP contribution in [-0.2, 0) is 6.42 Å². The lowest BCUT2D eigenvalue weighted by atomic mass is 10.1. The van der Waals surface area contributed by atoms with Crippen LogP contribution in [0.4, 0.5) is 0 Å². The fourth-order valence-corrected chi connectivity index (χ4v) is 2.42. The molecule has 0 saturated heterocycles. The summed E-state index contributed by atoms with van der Waals surface area (Å²) < 4.78 is 5.59. The molecule has 0 unspecified atom stereocenters. The monoisotopic (exact) mass is 356 g/mol. The zero-order chi connectivity index (χ0) is 17.9. The van der Waals surface area contributed by atoms with E-state index in [2.05, 4.69) is 29.7 Å². The van der Waals surface area contributed by atoms with Crippen LogP contribution in [0, 0.1) is 0 Å². The highest BCUT2D eigenvalue weighted by Gasteiger charge is 2.07. The summed E-state index contributed by atoms with van der Waals surface area (Å²) in [5.41, 5.74) is 1.78. The largest absolute Gasteiger partial charge is 0.494 e. The van der Waals surface area contributed by atoms with Gasteiger partial charge in [0.2, 0.25) is 0 Å². The van der Waals surface area contributed by atoms with Crippen LogP contribution in [0.3, 0.4) is 0 Å². The lowest BCUT2D eigenvalue weighted by Gasteiger charge is -2.10. The van der Waals surface area contributed by atoms with Crippen molar-refractivity contribution in [2.45, 2.75) is 26.2 Å². The highest BCUT2D eigenvalue weighted by Crippen LogP contribution is 2.12. The Morgan fingerprint density at radius 1 is 1.08 bits per heavy atom. The average molecular weight is 356 g/mol. The summed E-state index contributed by atoms with van der Waals surface area (Å²) in [4.78, 5) is 12.2. The lowest BCUT2D eigenvalue weighted by molar-refractivity contribution is 0.0976. The number of thiocarbonyl (C=S) groups is 1. The van der Waals surface area contributed by atoms with Crippen LogP contribution in [0.5, 0.6) is 5.75 Å². The molecule has 0 bridgehead atoms. The number of unbranched alkanes of at least 4 members (excludes halogenated alkanes) is 1. The molecule has 0 atom stereocenters. The van der Waals surface area contributed by atoms with Gasteiger partial charge >= 0.3 is 0 Å². The molecule has 0 saturated carbocycles. The Morgan fingerprint density at radius 3 is 2.48 bits per heavy atom. The summed E-state index contributed by atoms with van der Waals surface area (Å²) in [5.74, 6) is 0.547. The van der Waals surface area contributed by atoms with Gasteiger partial charge < -0.3 is 10.1 Å². The van der Waals surface area contributed by atoms with Crippen molar-refractivity contribution in [2.24, 2.45) is 0 Å². The van der Waals surface area contributed by atoms with E-state index in [4.69, 9.17) is 17.0 Å². The molecule has 4 nitrogen and oxygen atoms in total. The number of hydrogen-bond donors (Lipinski definition) is 2. The molecule has 2 aromatic carbocycles. The normalized spacial score (nSPS) is 10.1. The second kappa shape index (κ2) is 10.5. The third-order valence-corrected chi connectivity index (χ3v) is 3.90. The third kappa shape index (κ3) is 6.93. The summed E-state index contributed by atoms with van der Waals surface area (Å²) in [6, 6.07) is 17.2. The minimum atomic E-state index is -0.225. The smallest absolute Gasteiger partial charge is 0.257 e. The molecule has 2 rings (SSSR count). The molecule has 5 heteroatoms. The van der Waals surface area contributed by atoms with E-state index in [0.29, 0.717) is 23.8 Å². The van der Waals surface area contributed by atoms with Gasteiger partial charge in [-0.15, -0.1) is 0 Å². The minimum Gasteiger partial charge on any atom is -0.494 e. The first kappa shape index (κ1) is 18.9. The van der Waals surface area contributed by atoms with E-state index in [1.165, 1.54) is 5.56 Å². The highest BCUT2D eigenvalue weighted by atomic mass is 32.1. The molecule has 2 N–H and O–H groups in total. The predicted molar refractivity (Wildman–Crippen MR) is 105 cm³/mol. The van der Waals surface area contributed by atoms with Crippen molar-refractivity contribution in [2.75, 3.05) is 13.2 Å². The summed E-state index contributed by atoms with van der Waals surface area (Å²) in [6.07, 6.45) is 2.96. The number of rotatable bonds is 8. The van der Waals surface area contributed by atoms with Crippen molar-refractivity contribution < 1.29 is 9.53 Å². The number of carbonyl (C=O) groups excluding carboxylic acids is 1. The molecule has 0 fully saturated rings. The highest BCUT2D eigenvalue weighted by molar-refractivity contribution is 7.80. The Labute approximate surface area is 154 Å². The Morgan fingerprint density at radius 2 is 1.80 bits per heavy atom. The molecule has 25 heavy (non-hydrogen) atoms. The quantitative estimate of drug-likeness (QED) is 0.559. The lowest BCUT2D eigenvalue weighted by Crippen LogP contribution is -2.40. The Bertz CT molecular complexity index is 672. The SMILES string of the molecule is CCCCOc1ccc(C(=O)NC(=S)NCCc2ccccc2)cc1. The maximum Gasteiger partial charge on any atom is 0.257 e. The van der Waals surface area contributed by atoms with Crippen LogP contribution in [0.25, 0.3) is 0 Å². The van der Waals surface area contributed by atoms with Crippen LogP contribution in [0.2, 0.25) is 0 Å². The van der Waals surface area contributed by atoms with E-state index in [1.807, 2.05) is 18.2 Å². The summed E-state index contributed by atoms with van der Waals surface area (Å²) in [7, 11) is 0. The van der Waals surface area contributed by atoms with Crippen molar-refractivity contribution in [3.05, 3.63) is 65.7 Å². The van der Waals surface area contributed by atoms with Crippen LogP contribution in [0.15, 0.2) is 54.6 Å². The standard InChI is InChI=1S/C20H24N2O2S/c1-2-3-15-24-18-11-9-17(10-12-18)19(23)22-20(25)21-14-13-16-7-5-4-6-8-16/h4-12H,2-3,13-15H2,1H3,(H2,21,22,23,25). The summed E-state index contributed by atoms with van der Waals surface area (Å²) >= 11 is 5.17. The first-order valence-corrected chi connectivity index (χ1v) is 8.96. The second-order valence-corrected chi connectivity index (χ2v) is 6.08. The number of nitrogens with one attached hydrogen (secondary N) is 2. The molecule has 2 aromatic rings. The number of amides is 1. The number of ether oxygens (including phenoxy) is 1. The second-order valence-electron chi connectivity index (χ2n) is 5.67. The first-order valence-electron chi connectivity index (χ1n) is 8.55. The molecule has 0 aromatic heterocycles. The topological polar surface area (TPSA) is 50.4 Å². The van der Waals surface area contributed by atoms with Gasteiger partial charge in [0.05, 0.1) is 6.61 Å². The minimum absolute atomic E-state index is 0.225. The first-order chi connectivity index (χ1) is 12.2. The fraction of sp³-hybridized carbons (Fsp3) is 0.300.